The van der Waals surface area contributed by atoms with Crippen molar-refractivity contribution in [1.29, 1.82) is 0 Å². The van der Waals surface area contributed by atoms with Gasteiger partial charge in [0.2, 0.25) is 0 Å². The summed E-state index contributed by atoms with van der Waals surface area (Å²) in [6, 6.07) is 13.6. The van der Waals surface area contributed by atoms with Gasteiger partial charge in [-0.05, 0) is 31.2 Å². The highest BCUT2D eigenvalue weighted by atomic mass is 16.5. The van der Waals surface area contributed by atoms with Crippen LogP contribution in [0.3, 0.4) is 0 Å². The maximum Gasteiger partial charge on any atom is 0.123 e. The molecule has 0 saturated heterocycles. The third kappa shape index (κ3) is 3.75. The number of hydrogen-bond donors (Lipinski definition) is 1. The highest BCUT2D eigenvalue weighted by molar-refractivity contribution is 5.81. The van der Waals surface area contributed by atoms with Crippen LogP contribution >= 0.6 is 0 Å². The van der Waals surface area contributed by atoms with Gasteiger partial charge in [0, 0.05) is 11.6 Å². The Balaban J connectivity index is 2.08. The average molecular weight is 270 g/mol. The molecule has 0 unspecified atom stereocenters. The van der Waals surface area contributed by atoms with Gasteiger partial charge in [0.05, 0.1) is 26.1 Å². The highest BCUT2D eigenvalue weighted by Crippen LogP contribution is 2.21. The van der Waals surface area contributed by atoms with Crippen LogP contribution in [0.25, 0.3) is 0 Å². The number of benzene rings is 2. The predicted molar refractivity (Wildman–Crippen MR) is 81.9 cm³/mol. The molecule has 104 valence electrons. The van der Waals surface area contributed by atoms with Gasteiger partial charge in [-0.25, -0.2) is 0 Å². The molecular weight excluding hydrogens is 252 g/mol. The van der Waals surface area contributed by atoms with E-state index in [0.717, 1.165) is 22.7 Å². The molecule has 0 aliphatic rings. The van der Waals surface area contributed by atoms with E-state index in [9.17, 15) is 0 Å². The van der Waals surface area contributed by atoms with E-state index in [-0.39, 0.29) is 0 Å². The van der Waals surface area contributed by atoms with Gasteiger partial charge in [0.1, 0.15) is 11.5 Å². The molecule has 0 fully saturated rings. The van der Waals surface area contributed by atoms with Crippen LogP contribution in [0.5, 0.6) is 11.5 Å². The van der Waals surface area contributed by atoms with Gasteiger partial charge in [0.15, 0.2) is 0 Å². The van der Waals surface area contributed by atoms with Crippen LogP contribution in [0, 0.1) is 6.92 Å². The summed E-state index contributed by atoms with van der Waals surface area (Å²) in [7, 11) is 3.25. The van der Waals surface area contributed by atoms with E-state index in [1.807, 2.05) is 42.5 Å². The molecule has 2 aromatic rings. The number of nitrogens with one attached hydrogen (secondary N) is 1. The first-order valence-electron chi connectivity index (χ1n) is 6.30. The maximum absolute atomic E-state index is 5.21. The second-order valence-corrected chi connectivity index (χ2v) is 4.38. The molecular formula is C16H18N2O2. The van der Waals surface area contributed by atoms with Gasteiger partial charge < -0.3 is 9.47 Å². The quantitative estimate of drug-likeness (QED) is 0.668. The fourth-order valence-corrected chi connectivity index (χ4v) is 1.71. The summed E-state index contributed by atoms with van der Waals surface area (Å²) >= 11 is 0. The van der Waals surface area contributed by atoms with Crippen molar-refractivity contribution in [2.24, 2.45) is 5.10 Å². The number of aryl methyl sites for hydroxylation is 1. The third-order valence-electron chi connectivity index (χ3n) is 2.83. The Morgan fingerprint density at radius 3 is 2.10 bits per heavy atom. The molecule has 2 rings (SSSR count). The molecule has 0 amide bonds. The van der Waals surface area contributed by atoms with Gasteiger partial charge in [-0.15, -0.1) is 0 Å². The number of hydrogen-bond acceptors (Lipinski definition) is 4. The Labute approximate surface area is 119 Å². The highest BCUT2D eigenvalue weighted by Gasteiger charge is 1.99. The molecule has 0 bridgehead atoms. The zero-order valence-corrected chi connectivity index (χ0v) is 11.9. The number of anilines is 1. The molecule has 1 N–H and O–H groups in total. The smallest absolute Gasteiger partial charge is 0.123 e. The standard InChI is InChI=1S/C16H18N2O2/c1-12-4-6-14(7-5-12)18-17-11-13-8-15(19-2)10-16(9-13)20-3/h4-11,18H,1-3H3/b17-11-. The van der Waals surface area contributed by atoms with E-state index < -0.39 is 0 Å². The van der Waals surface area contributed by atoms with Crippen LogP contribution < -0.4 is 14.9 Å². The molecule has 0 heterocycles. The Hall–Kier alpha value is -2.49. The van der Waals surface area contributed by atoms with Crippen LogP contribution in [0.15, 0.2) is 47.6 Å². The second kappa shape index (κ2) is 6.61. The van der Waals surface area contributed by atoms with Crippen molar-refractivity contribution in [3.63, 3.8) is 0 Å². The van der Waals surface area contributed by atoms with Gasteiger partial charge >= 0.3 is 0 Å². The van der Waals surface area contributed by atoms with Gasteiger partial charge in [-0.3, -0.25) is 5.43 Å². The molecule has 4 heteroatoms. The van der Waals surface area contributed by atoms with E-state index in [4.69, 9.17) is 9.47 Å². The van der Waals surface area contributed by atoms with Crippen molar-refractivity contribution in [3.8, 4) is 11.5 Å². The van der Waals surface area contributed by atoms with Gasteiger partial charge in [0.25, 0.3) is 0 Å². The van der Waals surface area contributed by atoms with E-state index in [1.54, 1.807) is 20.4 Å². The monoisotopic (exact) mass is 270 g/mol. The van der Waals surface area contributed by atoms with Crippen molar-refractivity contribution in [2.75, 3.05) is 19.6 Å². The molecule has 0 atom stereocenters. The lowest BCUT2D eigenvalue weighted by Gasteiger charge is -2.05. The van der Waals surface area contributed by atoms with E-state index in [1.165, 1.54) is 5.56 Å². The predicted octanol–water partition coefficient (Wildman–Crippen LogP) is 3.46. The van der Waals surface area contributed by atoms with Crippen molar-refractivity contribution in [2.45, 2.75) is 6.92 Å². The minimum Gasteiger partial charge on any atom is -0.497 e. The molecule has 20 heavy (non-hydrogen) atoms. The minimum absolute atomic E-state index is 0.737. The van der Waals surface area contributed by atoms with Crippen LogP contribution in [0.1, 0.15) is 11.1 Å². The summed E-state index contributed by atoms with van der Waals surface area (Å²) in [5.74, 6) is 1.47. The van der Waals surface area contributed by atoms with Crippen LogP contribution in [0.4, 0.5) is 5.69 Å². The number of hydrazone groups is 1. The molecule has 4 nitrogen and oxygen atoms in total. The largest absolute Gasteiger partial charge is 0.497 e. The van der Waals surface area contributed by atoms with Gasteiger partial charge in [-0.2, -0.15) is 5.10 Å². The van der Waals surface area contributed by atoms with Crippen molar-refractivity contribution >= 4 is 11.9 Å². The van der Waals surface area contributed by atoms with E-state index >= 15 is 0 Å². The molecule has 0 spiro atoms. The first-order valence-corrected chi connectivity index (χ1v) is 6.30. The zero-order chi connectivity index (χ0) is 14.4. The van der Waals surface area contributed by atoms with Crippen molar-refractivity contribution in [1.82, 2.24) is 0 Å². The fourth-order valence-electron chi connectivity index (χ4n) is 1.71. The van der Waals surface area contributed by atoms with Crippen molar-refractivity contribution < 1.29 is 9.47 Å². The maximum atomic E-state index is 5.21. The number of nitrogens with zero attached hydrogens (tertiary/aromatic N) is 1. The SMILES string of the molecule is COc1cc(/C=N\Nc2ccc(C)cc2)cc(OC)c1. The van der Waals surface area contributed by atoms with Crippen LogP contribution in [-0.4, -0.2) is 20.4 Å². The number of methoxy groups -OCH3 is 2. The zero-order valence-electron chi connectivity index (χ0n) is 11.9. The fraction of sp³-hybridized carbons (Fsp3) is 0.188. The summed E-state index contributed by atoms with van der Waals surface area (Å²) in [4.78, 5) is 0. The minimum atomic E-state index is 0.737. The van der Waals surface area contributed by atoms with Crippen LogP contribution in [-0.2, 0) is 0 Å². The van der Waals surface area contributed by atoms with Crippen LogP contribution in [0.2, 0.25) is 0 Å². The molecule has 0 radical (unpaired) electrons. The lowest BCUT2D eigenvalue weighted by Crippen LogP contribution is -1.93. The van der Waals surface area contributed by atoms with Crippen molar-refractivity contribution in [3.05, 3.63) is 53.6 Å². The lowest BCUT2D eigenvalue weighted by atomic mass is 10.2. The molecule has 2 aromatic carbocycles. The molecule has 0 saturated carbocycles. The normalized spacial score (nSPS) is 10.6. The molecule has 0 aliphatic heterocycles. The Kier molecular flexibility index (Phi) is 4.60. The Morgan fingerprint density at radius 2 is 1.55 bits per heavy atom. The summed E-state index contributed by atoms with van der Waals surface area (Å²) in [5, 5.41) is 4.21. The Morgan fingerprint density at radius 1 is 0.950 bits per heavy atom. The summed E-state index contributed by atoms with van der Waals surface area (Å²) in [6.07, 6.45) is 1.73. The first kappa shape index (κ1) is 13.9. The number of rotatable bonds is 5. The van der Waals surface area contributed by atoms with Gasteiger partial charge in [-0.1, -0.05) is 17.7 Å². The number of ether oxygens (including phenoxy) is 2. The summed E-state index contributed by atoms with van der Waals surface area (Å²) < 4.78 is 10.4. The van der Waals surface area contributed by atoms with E-state index in [0.29, 0.717) is 0 Å². The topological polar surface area (TPSA) is 42.8 Å². The van der Waals surface area contributed by atoms with E-state index in [2.05, 4.69) is 17.5 Å². The summed E-state index contributed by atoms with van der Waals surface area (Å²) in [5.41, 5.74) is 6.05. The third-order valence-corrected chi connectivity index (χ3v) is 2.83. The lowest BCUT2D eigenvalue weighted by molar-refractivity contribution is 0.394. The Bertz CT molecular complexity index is 570. The second-order valence-electron chi connectivity index (χ2n) is 4.38. The average Bonchev–Trinajstić information content (AvgIpc) is 2.49. The summed E-state index contributed by atoms with van der Waals surface area (Å²) in [6.45, 7) is 2.05. The molecule has 0 aromatic heterocycles. The molecule has 0 aliphatic carbocycles. The first-order chi connectivity index (χ1) is 9.71.